The topological polar surface area (TPSA) is 154 Å². The molecule has 1 rings (SSSR count). The Labute approximate surface area is 185 Å². The van der Waals surface area contributed by atoms with Gasteiger partial charge in [-0.3, -0.25) is 0 Å². The van der Waals surface area contributed by atoms with Gasteiger partial charge in [-0.1, -0.05) is 52.5 Å². The largest absolute Gasteiger partial charge is 0.325 e. The van der Waals surface area contributed by atoms with Gasteiger partial charge in [-0.25, -0.2) is 4.79 Å². The molecule has 0 heterocycles. The second-order valence-electron chi connectivity index (χ2n) is 4.44. The van der Waals surface area contributed by atoms with E-state index >= 15 is 0 Å². The number of amides is 2. The van der Waals surface area contributed by atoms with E-state index in [0.717, 1.165) is 0 Å². The van der Waals surface area contributed by atoms with Crippen LogP contribution in [0.2, 0.25) is 5.02 Å². The molecule has 0 saturated carbocycles. The Bertz CT molecular complexity index is 662. The van der Waals surface area contributed by atoms with E-state index < -0.39 is 17.2 Å². The van der Waals surface area contributed by atoms with Crippen LogP contribution in [0.15, 0.2) is 24.3 Å². The molecule has 0 aliphatic rings. The van der Waals surface area contributed by atoms with Crippen molar-refractivity contribution >= 4 is 95.2 Å². The van der Waals surface area contributed by atoms with Gasteiger partial charge >= 0.3 is 19.5 Å². The average molecular weight is 544 g/mol. The number of alkyl halides is 3. The average Bonchev–Trinajstić information content (AvgIpc) is 2.32. The van der Waals surface area contributed by atoms with Gasteiger partial charge in [0.2, 0.25) is 3.79 Å². The third-order valence-electron chi connectivity index (χ3n) is 1.84. The summed E-state index contributed by atoms with van der Waals surface area (Å²) in [5, 5.41) is 3.17. The lowest BCUT2D eigenvalue weighted by Crippen LogP contribution is -2.37. The third-order valence-corrected chi connectivity index (χ3v) is 2.43. The van der Waals surface area contributed by atoms with Gasteiger partial charge < -0.3 is 39.6 Å². The highest BCUT2D eigenvalue weighted by Gasteiger charge is 2.24. The van der Waals surface area contributed by atoms with Gasteiger partial charge in [0.05, 0.1) is 6.54 Å². The predicted octanol–water partition coefficient (Wildman–Crippen LogP) is 2.55. The number of nitrogens with one attached hydrogen (secondary N) is 1. The molecule has 27 heavy (non-hydrogen) atoms. The van der Waals surface area contributed by atoms with Crippen LogP contribution in [0.25, 0.3) is 0 Å². The second-order valence-corrected chi connectivity index (χ2v) is 12.4. The van der Waals surface area contributed by atoms with Crippen LogP contribution in [-0.4, -0.2) is 57.7 Å². The lowest BCUT2D eigenvalue weighted by atomic mass is 10.3. The zero-order chi connectivity index (χ0) is 22.1. The van der Waals surface area contributed by atoms with Gasteiger partial charge in [0.1, 0.15) is 0 Å². The summed E-state index contributed by atoms with van der Waals surface area (Å²) >= 11 is 29.8. The molecule has 0 bridgehead atoms. The minimum Gasteiger partial charge on any atom is -0.325 e. The van der Waals surface area contributed by atoms with Crippen LogP contribution in [0.3, 0.4) is 0 Å². The van der Waals surface area contributed by atoms with Crippen molar-refractivity contribution in [3.05, 3.63) is 29.3 Å². The Balaban J connectivity index is 0. The number of nitrogens with zero attached hydrogens (tertiary/aromatic N) is 1. The number of hydrogen-bond donors (Lipinski definition) is 7. The first kappa shape index (κ1) is 29.9. The molecule has 158 valence electrons. The summed E-state index contributed by atoms with van der Waals surface area (Å²) in [5.41, 5.74) is 0.582. The monoisotopic (exact) mass is 542 g/mol. The van der Waals surface area contributed by atoms with Crippen molar-refractivity contribution in [3.8, 4) is 0 Å². The molecule has 0 aliphatic heterocycles. The lowest BCUT2D eigenvalue weighted by Gasteiger charge is -2.22. The van der Waals surface area contributed by atoms with Crippen LogP contribution in [0, 0.1) is 0 Å². The number of halogens is 4. The fourth-order valence-corrected chi connectivity index (χ4v) is 1.85. The summed E-state index contributed by atoms with van der Waals surface area (Å²) in [4.78, 5) is 58.3. The quantitative estimate of drug-likeness (QED) is 0.220. The van der Waals surface area contributed by atoms with Crippen LogP contribution in [-0.2, 0) is 23.6 Å². The van der Waals surface area contributed by atoms with E-state index in [1.54, 1.807) is 24.3 Å². The highest BCUT2D eigenvalue weighted by atomic mass is 35.6. The zero-order valence-electron chi connectivity index (χ0n) is 13.3. The number of carbonyl (C=O) groups excluding carboxylic acids is 1. The molecular weight excluding hydrogens is 528 g/mol. The minimum absolute atomic E-state index is 0.00986. The number of benzene rings is 1. The molecule has 0 aromatic heterocycles. The molecule has 2 amide bonds. The molecule has 17 heteroatoms. The molecule has 0 fully saturated rings. The highest BCUT2D eigenvalue weighted by molar-refractivity contribution is 8.06. The fraction of sp³-hybridized carbons (Fsp3) is 0.300. The van der Waals surface area contributed by atoms with E-state index in [-0.39, 0.29) is 12.6 Å². The summed E-state index contributed by atoms with van der Waals surface area (Å²) in [6.45, 7) is -7.62. The first-order chi connectivity index (χ1) is 11.8. The maximum Gasteiger partial charge on any atom is 0.321 e. The Morgan fingerprint density at radius 1 is 1.11 bits per heavy atom. The van der Waals surface area contributed by atoms with Gasteiger partial charge in [0, 0.05) is 17.8 Å². The van der Waals surface area contributed by atoms with E-state index in [9.17, 15) is 4.79 Å². The van der Waals surface area contributed by atoms with Crippen molar-refractivity contribution in [1.29, 1.82) is 0 Å². The van der Waals surface area contributed by atoms with E-state index in [4.69, 9.17) is 75.8 Å². The second kappa shape index (κ2) is 13.1. The SMILES string of the molecule is CN(CC(Cl)(Cl)Cl)C(=O)Nc1cccc(Cl)c1.OP(O)(O)=S.OP(O)(O)=S. The van der Waals surface area contributed by atoms with Crippen molar-refractivity contribution < 1.29 is 34.2 Å². The lowest BCUT2D eigenvalue weighted by molar-refractivity contribution is 0.223. The van der Waals surface area contributed by atoms with Crippen molar-refractivity contribution in [1.82, 2.24) is 4.90 Å². The van der Waals surface area contributed by atoms with Gasteiger partial charge in [-0.15, -0.1) is 0 Å². The summed E-state index contributed by atoms with van der Waals surface area (Å²) in [6, 6.07) is 6.41. The van der Waals surface area contributed by atoms with Crippen LogP contribution in [0.1, 0.15) is 0 Å². The number of anilines is 1. The molecule has 7 N–H and O–H groups in total. The van der Waals surface area contributed by atoms with Crippen LogP contribution in [0.4, 0.5) is 10.5 Å². The Morgan fingerprint density at radius 3 is 1.85 bits per heavy atom. The van der Waals surface area contributed by atoms with Gasteiger partial charge in [-0.05, 0) is 41.8 Å². The smallest absolute Gasteiger partial charge is 0.321 e. The summed E-state index contributed by atoms with van der Waals surface area (Å²) in [7, 11) is 1.53. The minimum atomic E-state index is -3.81. The molecule has 1 aromatic carbocycles. The van der Waals surface area contributed by atoms with Crippen LogP contribution < -0.4 is 5.32 Å². The molecule has 0 spiro atoms. The Hall–Kier alpha value is 0.710. The third kappa shape index (κ3) is 29.0. The van der Waals surface area contributed by atoms with Crippen molar-refractivity contribution in [2.45, 2.75) is 3.79 Å². The molecule has 0 unspecified atom stereocenters. The zero-order valence-corrected chi connectivity index (χ0v) is 19.7. The number of hydrogen-bond acceptors (Lipinski definition) is 3. The van der Waals surface area contributed by atoms with Crippen molar-refractivity contribution in [2.24, 2.45) is 0 Å². The molecule has 0 saturated heterocycles. The van der Waals surface area contributed by atoms with Gasteiger partial charge in [0.15, 0.2) is 0 Å². The Morgan fingerprint density at radius 2 is 1.52 bits per heavy atom. The van der Waals surface area contributed by atoms with Gasteiger partial charge in [-0.2, -0.15) is 0 Å². The molecule has 1 aromatic rings. The van der Waals surface area contributed by atoms with Crippen LogP contribution in [0.5, 0.6) is 0 Å². The van der Waals surface area contributed by atoms with E-state index in [1.807, 2.05) is 0 Å². The van der Waals surface area contributed by atoms with E-state index in [0.29, 0.717) is 10.7 Å². The summed E-state index contributed by atoms with van der Waals surface area (Å²) < 4.78 is -1.50. The molecule has 9 nitrogen and oxygen atoms in total. The predicted molar refractivity (Wildman–Crippen MR) is 115 cm³/mol. The van der Waals surface area contributed by atoms with Crippen LogP contribution >= 0.6 is 59.8 Å². The van der Waals surface area contributed by atoms with Crippen molar-refractivity contribution in [3.63, 3.8) is 0 Å². The first-order valence-corrected chi connectivity index (χ1v) is 13.0. The molecule has 0 aliphatic carbocycles. The van der Waals surface area contributed by atoms with Gasteiger partial charge in [0.25, 0.3) is 0 Å². The van der Waals surface area contributed by atoms with Crippen molar-refractivity contribution in [2.75, 3.05) is 18.9 Å². The standard InChI is InChI=1S/C10H10Cl4N2O.2H3O3PS/c1-16(6-10(12,13)14)9(17)15-8-4-2-3-7(11)5-8;2*1-4(2,3)5/h2-5H,6H2,1H3,(H,15,17);2*(H3,1,2,3,5). The van der Waals surface area contributed by atoms with E-state index in [1.165, 1.54) is 11.9 Å². The maximum absolute atomic E-state index is 11.7. The molecule has 0 radical (unpaired) electrons. The fourth-order valence-electron chi connectivity index (χ4n) is 1.13. The number of carbonyl (C=O) groups is 1. The normalized spacial score (nSPS) is 11.4. The Kier molecular flexibility index (Phi) is 14.5. The number of rotatable bonds is 2. The summed E-state index contributed by atoms with van der Waals surface area (Å²) in [6.07, 6.45) is 0. The molecular formula is C10H16Cl4N2O7P2S2. The first-order valence-electron chi connectivity index (χ1n) is 6.19. The highest BCUT2D eigenvalue weighted by Crippen LogP contribution is 2.27. The summed E-state index contributed by atoms with van der Waals surface area (Å²) in [5.74, 6) is 0. The van der Waals surface area contributed by atoms with E-state index in [2.05, 4.69) is 28.9 Å². The molecule has 0 atom stereocenters. The maximum atomic E-state index is 11.7. The number of urea groups is 1.